The first-order chi connectivity index (χ1) is 9.68. The van der Waals surface area contributed by atoms with E-state index in [4.69, 9.17) is 15.6 Å². The van der Waals surface area contributed by atoms with Gasteiger partial charge < -0.3 is 15.6 Å². The van der Waals surface area contributed by atoms with Crippen LogP contribution in [0.1, 0.15) is 15.9 Å². The smallest absolute Gasteiger partial charge is 0.420 e. The molecule has 0 amide bonds. The van der Waals surface area contributed by atoms with E-state index in [1.165, 1.54) is 13.1 Å². The van der Waals surface area contributed by atoms with Crippen molar-refractivity contribution in [1.29, 1.82) is 0 Å². The number of benzene rings is 1. The molecule has 0 fully saturated rings. The lowest BCUT2D eigenvalue weighted by atomic mass is 10.1. The van der Waals surface area contributed by atoms with Gasteiger partial charge in [-0.2, -0.15) is 13.2 Å². The van der Waals surface area contributed by atoms with E-state index in [0.29, 0.717) is 6.07 Å². The predicted octanol–water partition coefficient (Wildman–Crippen LogP) is 2.51. The first-order valence-corrected chi connectivity index (χ1v) is 5.60. The minimum atomic E-state index is -4.69. The third-order valence-electron chi connectivity index (χ3n) is 2.54. The highest BCUT2D eigenvalue weighted by Gasteiger charge is 2.35. The van der Waals surface area contributed by atoms with Gasteiger partial charge in [0, 0.05) is 18.9 Å². The maximum absolute atomic E-state index is 12.9. The number of anilines is 1. The van der Waals surface area contributed by atoms with Crippen LogP contribution in [0.5, 0.6) is 11.6 Å². The van der Waals surface area contributed by atoms with E-state index < -0.39 is 29.3 Å². The molecule has 2 rings (SSSR count). The minimum Gasteiger partial charge on any atom is -0.477 e. The number of carbonyl (C=O) groups is 1. The van der Waals surface area contributed by atoms with Gasteiger partial charge in [-0.3, -0.25) is 4.68 Å². The van der Waals surface area contributed by atoms with Crippen LogP contribution in [0.3, 0.4) is 0 Å². The number of hydrogen-bond acceptors (Lipinski definition) is 4. The summed E-state index contributed by atoms with van der Waals surface area (Å²) >= 11 is 0. The highest BCUT2D eigenvalue weighted by molar-refractivity contribution is 5.90. The van der Waals surface area contributed by atoms with Crippen LogP contribution in [0.15, 0.2) is 24.4 Å². The number of nitrogens with zero attached hydrogens (tertiary/aromatic N) is 2. The van der Waals surface area contributed by atoms with Crippen LogP contribution in [0.2, 0.25) is 0 Å². The highest BCUT2D eigenvalue weighted by atomic mass is 19.4. The summed E-state index contributed by atoms with van der Waals surface area (Å²) < 4.78 is 44.9. The Bertz CT molecular complexity index is 695. The third kappa shape index (κ3) is 3.07. The Morgan fingerprint density at radius 2 is 2.10 bits per heavy atom. The van der Waals surface area contributed by atoms with Crippen molar-refractivity contribution in [2.75, 3.05) is 5.73 Å². The molecule has 2 aromatic rings. The van der Waals surface area contributed by atoms with Gasteiger partial charge >= 0.3 is 12.1 Å². The highest BCUT2D eigenvalue weighted by Crippen LogP contribution is 2.39. The zero-order chi connectivity index (χ0) is 15.8. The van der Waals surface area contributed by atoms with Gasteiger partial charge in [-0.15, -0.1) is 5.10 Å². The molecule has 0 radical (unpaired) electrons. The first-order valence-electron chi connectivity index (χ1n) is 5.60. The fraction of sp³-hybridized carbons (Fsp3) is 0.167. The number of carboxylic acid groups (broad SMARTS) is 1. The van der Waals surface area contributed by atoms with Crippen LogP contribution in [-0.2, 0) is 13.2 Å². The van der Waals surface area contributed by atoms with E-state index in [0.717, 1.165) is 16.9 Å². The molecular weight excluding hydrogens is 291 g/mol. The summed E-state index contributed by atoms with van der Waals surface area (Å²) in [5, 5.41) is 12.6. The Hall–Kier alpha value is -2.71. The number of aromatic nitrogens is 2. The van der Waals surface area contributed by atoms with Crippen molar-refractivity contribution in [2.45, 2.75) is 6.18 Å². The number of nitrogen functional groups attached to an aromatic ring is 1. The molecule has 0 aliphatic carbocycles. The number of ether oxygens (including phenoxy) is 1. The second-order valence-corrected chi connectivity index (χ2v) is 4.18. The molecule has 112 valence electrons. The summed E-state index contributed by atoms with van der Waals surface area (Å²) in [6.45, 7) is 0. The molecule has 0 atom stereocenters. The molecule has 1 aromatic heterocycles. The monoisotopic (exact) mass is 301 g/mol. The average molecular weight is 301 g/mol. The lowest BCUT2D eigenvalue weighted by molar-refractivity contribution is -0.138. The fourth-order valence-electron chi connectivity index (χ4n) is 1.65. The molecule has 0 saturated carbocycles. The van der Waals surface area contributed by atoms with Gasteiger partial charge in [-0.05, 0) is 18.2 Å². The number of hydrogen-bond donors (Lipinski definition) is 2. The predicted molar refractivity (Wildman–Crippen MR) is 66.1 cm³/mol. The summed E-state index contributed by atoms with van der Waals surface area (Å²) in [5.74, 6) is -2.36. The summed E-state index contributed by atoms with van der Waals surface area (Å²) in [5.41, 5.74) is 3.79. The standard InChI is InChI=1S/C12H10F3N3O3/c1-18-5-7(11(19)20)10(17-18)21-9-3-2-6(16)4-8(9)12(13,14)15/h2-5H,16H2,1H3,(H,19,20). The Morgan fingerprint density at radius 1 is 1.43 bits per heavy atom. The summed E-state index contributed by atoms with van der Waals surface area (Å²) in [6.07, 6.45) is -3.56. The van der Waals surface area contributed by atoms with Gasteiger partial charge in [0.05, 0.1) is 0 Å². The van der Waals surface area contributed by atoms with Gasteiger partial charge in [0.1, 0.15) is 16.9 Å². The number of nitrogens with two attached hydrogens (primary N) is 1. The van der Waals surface area contributed by atoms with Crippen molar-refractivity contribution < 1.29 is 27.8 Å². The molecule has 1 heterocycles. The van der Waals surface area contributed by atoms with E-state index in [1.807, 2.05) is 0 Å². The molecule has 6 nitrogen and oxygen atoms in total. The molecule has 9 heteroatoms. The largest absolute Gasteiger partial charge is 0.477 e. The lowest BCUT2D eigenvalue weighted by Crippen LogP contribution is -2.08. The molecule has 21 heavy (non-hydrogen) atoms. The number of rotatable bonds is 3. The van der Waals surface area contributed by atoms with Crippen molar-refractivity contribution >= 4 is 11.7 Å². The third-order valence-corrected chi connectivity index (χ3v) is 2.54. The van der Waals surface area contributed by atoms with Crippen LogP contribution in [0, 0.1) is 0 Å². The van der Waals surface area contributed by atoms with Crippen LogP contribution in [0.4, 0.5) is 18.9 Å². The van der Waals surface area contributed by atoms with Gasteiger partial charge in [0.25, 0.3) is 5.88 Å². The van der Waals surface area contributed by atoms with E-state index in [-0.39, 0.29) is 11.3 Å². The number of alkyl halides is 3. The zero-order valence-corrected chi connectivity index (χ0v) is 10.7. The zero-order valence-electron chi connectivity index (χ0n) is 10.7. The average Bonchev–Trinajstić information content (AvgIpc) is 2.71. The number of carboxylic acids is 1. The van der Waals surface area contributed by atoms with Crippen molar-refractivity contribution in [2.24, 2.45) is 7.05 Å². The Labute approximate surface area is 116 Å². The maximum atomic E-state index is 12.9. The van der Waals surface area contributed by atoms with Gasteiger partial charge in [-0.25, -0.2) is 4.79 Å². The Kier molecular flexibility index (Phi) is 3.50. The van der Waals surface area contributed by atoms with E-state index in [1.54, 1.807) is 0 Å². The van der Waals surface area contributed by atoms with Gasteiger partial charge in [-0.1, -0.05) is 0 Å². The van der Waals surface area contributed by atoms with Crippen molar-refractivity contribution in [3.8, 4) is 11.6 Å². The van der Waals surface area contributed by atoms with Crippen molar-refractivity contribution in [3.05, 3.63) is 35.5 Å². The number of aromatic carboxylic acids is 1. The Morgan fingerprint density at radius 3 is 2.67 bits per heavy atom. The van der Waals surface area contributed by atoms with E-state index in [9.17, 15) is 18.0 Å². The second kappa shape index (κ2) is 5.00. The number of aryl methyl sites for hydroxylation is 1. The van der Waals surface area contributed by atoms with Crippen molar-refractivity contribution in [1.82, 2.24) is 9.78 Å². The summed E-state index contributed by atoms with van der Waals surface area (Å²) in [7, 11) is 1.42. The molecule has 0 unspecified atom stereocenters. The molecule has 0 aliphatic rings. The quantitative estimate of drug-likeness (QED) is 0.850. The fourth-order valence-corrected chi connectivity index (χ4v) is 1.65. The second-order valence-electron chi connectivity index (χ2n) is 4.18. The number of halogens is 3. The molecule has 1 aromatic carbocycles. The molecular formula is C12H10F3N3O3. The van der Waals surface area contributed by atoms with E-state index in [2.05, 4.69) is 5.10 Å². The van der Waals surface area contributed by atoms with Crippen LogP contribution in [-0.4, -0.2) is 20.9 Å². The van der Waals surface area contributed by atoms with Crippen LogP contribution >= 0.6 is 0 Å². The topological polar surface area (TPSA) is 90.4 Å². The maximum Gasteiger partial charge on any atom is 0.420 e. The first kappa shape index (κ1) is 14.7. The SMILES string of the molecule is Cn1cc(C(=O)O)c(Oc2ccc(N)cc2C(F)(F)F)n1. The van der Waals surface area contributed by atoms with Gasteiger partial charge in [0.2, 0.25) is 0 Å². The molecule has 0 bridgehead atoms. The summed E-state index contributed by atoms with van der Waals surface area (Å²) in [4.78, 5) is 11.0. The van der Waals surface area contributed by atoms with Crippen molar-refractivity contribution in [3.63, 3.8) is 0 Å². The van der Waals surface area contributed by atoms with Gasteiger partial charge in [0.15, 0.2) is 0 Å². The minimum absolute atomic E-state index is 0.0887. The van der Waals surface area contributed by atoms with E-state index >= 15 is 0 Å². The molecule has 0 spiro atoms. The van der Waals surface area contributed by atoms with Crippen LogP contribution in [0.25, 0.3) is 0 Å². The molecule has 3 N–H and O–H groups in total. The normalized spacial score (nSPS) is 11.4. The summed E-state index contributed by atoms with van der Waals surface area (Å²) in [6, 6.07) is 2.94. The Balaban J connectivity index is 2.48. The molecule has 0 aliphatic heterocycles. The lowest BCUT2D eigenvalue weighted by Gasteiger charge is -2.13. The van der Waals surface area contributed by atoms with Crippen LogP contribution < -0.4 is 10.5 Å². The molecule has 0 saturated heterocycles.